The van der Waals surface area contributed by atoms with E-state index in [4.69, 9.17) is 10.00 Å². The Hall–Kier alpha value is -1.67. The number of nitrogens with one attached hydrogen (secondary N) is 1. The molecule has 1 saturated heterocycles. The van der Waals surface area contributed by atoms with Gasteiger partial charge in [0.15, 0.2) is 5.69 Å². The lowest BCUT2D eigenvalue weighted by Gasteiger charge is -2.38. The van der Waals surface area contributed by atoms with Crippen molar-refractivity contribution in [1.82, 2.24) is 10.2 Å². The minimum atomic E-state index is 0.107. The summed E-state index contributed by atoms with van der Waals surface area (Å²) in [5.41, 5.74) is 0.459. The molecule has 0 radical (unpaired) electrons. The van der Waals surface area contributed by atoms with Crippen molar-refractivity contribution in [2.24, 2.45) is 0 Å². The molecule has 1 atom stereocenters. The van der Waals surface area contributed by atoms with Gasteiger partial charge in [-0.3, -0.25) is 0 Å². The van der Waals surface area contributed by atoms with Crippen LogP contribution in [0.5, 0.6) is 0 Å². The van der Waals surface area contributed by atoms with Crippen LogP contribution in [0.1, 0.15) is 44.2 Å². The summed E-state index contributed by atoms with van der Waals surface area (Å²) in [5.74, 6) is 0.749. The van der Waals surface area contributed by atoms with Gasteiger partial charge in [-0.1, -0.05) is 12.8 Å². The van der Waals surface area contributed by atoms with E-state index >= 15 is 0 Å². The Balaban J connectivity index is 1.64. The minimum Gasteiger partial charge on any atom is -0.375 e. The Bertz CT molecular complexity index is 473. The molecule has 2 fully saturated rings. The third-order valence-corrected chi connectivity index (χ3v) is 4.14. The van der Waals surface area contributed by atoms with Crippen LogP contribution in [0.25, 0.3) is 0 Å². The van der Waals surface area contributed by atoms with E-state index in [1.54, 1.807) is 6.07 Å². The predicted molar refractivity (Wildman–Crippen MR) is 70.5 cm³/mol. The van der Waals surface area contributed by atoms with E-state index in [0.29, 0.717) is 11.7 Å². The van der Waals surface area contributed by atoms with Crippen LogP contribution < -0.4 is 5.32 Å². The summed E-state index contributed by atoms with van der Waals surface area (Å²) < 4.78 is 6.01. The van der Waals surface area contributed by atoms with Crippen molar-refractivity contribution in [3.63, 3.8) is 0 Å². The normalized spacial score (nSPS) is 25.1. The summed E-state index contributed by atoms with van der Waals surface area (Å²) in [5, 5.41) is 20.0. The summed E-state index contributed by atoms with van der Waals surface area (Å²) in [4.78, 5) is 0. The maximum atomic E-state index is 8.70. The van der Waals surface area contributed by atoms with Crippen LogP contribution in [-0.2, 0) is 4.74 Å². The third-order valence-electron chi connectivity index (χ3n) is 4.14. The molecule has 1 aromatic rings. The van der Waals surface area contributed by atoms with Gasteiger partial charge in [0.1, 0.15) is 11.9 Å². The van der Waals surface area contributed by atoms with Gasteiger partial charge < -0.3 is 10.1 Å². The first-order valence-corrected chi connectivity index (χ1v) is 6.94. The second-order valence-electron chi connectivity index (χ2n) is 5.49. The molecule has 1 spiro atoms. The molecule has 5 nitrogen and oxygen atoms in total. The molecular formula is C14H18N4O. The lowest BCUT2D eigenvalue weighted by molar-refractivity contribution is -0.0767. The lowest BCUT2D eigenvalue weighted by Crippen LogP contribution is -2.42. The molecule has 0 aromatic carbocycles. The summed E-state index contributed by atoms with van der Waals surface area (Å²) in [6.07, 6.45) is 6.99. The average Bonchev–Trinajstić information content (AvgIpc) is 2.88. The molecule has 0 amide bonds. The van der Waals surface area contributed by atoms with Crippen LogP contribution in [0.2, 0.25) is 0 Å². The van der Waals surface area contributed by atoms with E-state index < -0.39 is 0 Å². The molecule has 1 unspecified atom stereocenters. The molecule has 1 aromatic heterocycles. The number of hydrogen-bond donors (Lipinski definition) is 1. The van der Waals surface area contributed by atoms with Crippen molar-refractivity contribution in [2.75, 3.05) is 11.9 Å². The molecule has 2 aliphatic rings. The second kappa shape index (κ2) is 5.14. The first-order chi connectivity index (χ1) is 9.30. The molecular weight excluding hydrogens is 240 g/mol. The summed E-state index contributed by atoms with van der Waals surface area (Å²) in [7, 11) is 0. The largest absolute Gasteiger partial charge is 0.375 e. The Morgan fingerprint density at radius 2 is 2.16 bits per heavy atom. The number of hydrogen-bond acceptors (Lipinski definition) is 5. The van der Waals surface area contributed by atoms with E-state index in [-0.39, 0.29) is 5.60 Å². The Kier molecular flexibility index (Phi) is 3.34. The van der Waals surface area contributed by atoms with Crippen molar-refractivity contribution >= 4 is 5.82 Å². The summed E-state index contributed by atoms with van der Waals surface area (Å²) >= 11 is 0. The molecule has 1 saturated carbocycles. The molecule has 5 heteroatoms. The SMILES string of the molecule is N#Cc1ccc(NC2CCOC3(CCCC3)C2)nn1. The smallest absolute Gasteiger partial charge is 0.163 e. The predicted octanol–water partition coefficient (Wildman–Crippen LogP) is 2.25. The highest BCUT2D eigenvalue weighted by Crippen LogP contribution is 2.40. The maximum Gasteiger partial charge on any atom is 0.163 e. The first-order valence-electron chi connectivity index (χ1n) is 6.94. The van der Waals surface area contributed by atoms with Gasteiger partial charge in [-0.05, 0) is 37.8 Å². The van der Waals surface area contributed by atoms with Crippen molar-refractivity contribution in [3.8, 4) is 6.07 Å². The number of rotatable bonds is 2. The molecule has 19 heavy (non-hydrogen) atoms. The molecule has 0 bridgehead atoms. The van der Waals surface area contributed by atoms with E-state index in [1.165, 1.54) is 25.7 Å². The molecule has 2 heterocycles. The van der Waals surface area contributed by atoms with Crippen LogP contribution in [0.4, 0.5) is 5.82 Å². The molecule has 1 N–H and O–H groups in total. The molecule has 3 rings (SSSR count). The van der Waals surface area contributed by atoms with Crippen molar-refractivity contribution in [1.29, 1.82) is 5.26 Å². The zero-order chi connectivity index (χ0) is 13.1. The Labute approximate surface area is 113 Å². The molecule has 1 aliphatic heterocycles. The van der Waals surface area contributed by atoms with Crippen molar-refractivity contribution in [3.05, 3.63) is 17.8 Å². The molecule has 1 aliphatic carbocycles. The average molecular weight is 258 g/mol. The number of ether oxygens (including phenoxy) is 1. The summed E-state index contributed by atoms with van der Waals surface area (Å²) in [6, 6.07) is 5.89. The number of nitriles is 1. The Morgan fingerprint density at radius 3 is 2.84 bits per heavy atom. The van der Waals surface area contributed by atoms with Gasteiger partial charge in [-0.2, -0.15) is 5.26 Å². The zero-order valence-electron chi connectivity index (χ0n) is 10.9. The van der Waals surface area contributed by atoms with E-state index in [0.717, 1.165) is 25.3 Å². The van der Waals surface area contributed by atoms with E-state index in [9.17, 15) is 0 Å². The van der Waals surface area contributed by atoms with Gasteiger partial charge in [-0.25, -0.2) is 0 Å². The van der Waals surface area contributed by atoms with Crippen LogP contribution in [0, 0.1) is 11.3 Å². The fourth-order valence-electron chi connectivity index (χ4n) is 3.20. The van der Waals surface area contributed by atoms with Crippen molar-refractivity contribution < 1.29 is 4.74 Å². The van der Waals surface area contributed by atoms with Crippen LogP contribution in [0.15, 0.2) is 12.1 Å². The highest BCUT2D eigenvalue weighted by atomic mass is 16.5. The maximum absolute atomic E-state index is 8.70. The number of aromatic nitrogens is 2. The third kappa shape index (κ3) is 2.69. The van der Waals surface area contributed by atoms with Crippen LogP contribution in [-0.4, -0.2) is 28.4 Å². The summed E-state index contributed by atoms with van der Waals surface area (Å²) in [6.45, 7) is 0.821. The zero-order valence-corrected chi connectivity index (χ0v) is 10.9. The van der Waals surface area contributed by atoms with Gasteiger partial charge in [0, 0.05) is 12.6 Å². The highest BCUT2D eigenvalue weighted by Gasteiger charge is 2.39. The van der Waals surface area contributed by atoms with Crippen molar-refractivity contribution in [2.45, 2.75) is 50.2 Å². The minimum absolute atomic E-state index is 0.107. The quantitative estimate of drug-likeness (QED) is 0.881. The van der Waals surface area contributed by atoms with E-state index in [1.807, 2.05) is 12.1 Å². The van der Waals surface area contributed by atoms with Gasteiger partial charge in [-0.15, -0.1) is 10.2 Å². The van der Waals surface area contributed by atoms with Gasteiger partial charge >= 0.3 is 0 Å². The van der Waals surface area contributed by atoms with E-state index in [2.05, 4.69) is 15.5 Å². The molecule has 100 valence electrons. The first kappa shape index (κ1) is 12.4. The monoisotopic (exact) mass is 258 g/mol. The van der Waals surface area contributed by atoms with Gasteiger partial charge in [0.2, 0.25) is 0 Å². The fraction of sp³-hybridized carbons (Fsp3) is 0.643. The van der Waals surface area contributed by atoms with Crippen LogP contribution >= 0.6 is 0 Å². The standard InChI is InChI=1S/C14H18N4O/c15-10-12-3-4-13(18-17-12)16-11-5-8-19-14(9-11)6-1-2-7-14/h3-4,11H,1-2,5-9H2,(H,16,18). The lowest BCUT2D eigenvalue weighted by atomic mass is 9.89. The number of nitrogens with zero attached hydrogens (tertiary/aromatic N) is 3. The topological polar surface area (TPSA) is 70.8 Å². The number of anilines is 1. The fourth-order valence-corrected chi connectivity index (χ4v) is 3.20. The highest BCUT2D eigenvalue weighted by molar-refractivity contribution is 5.36. The van der Waals surface area contributed by atoms with Crippen LogP contribution in [0.3, 0.4) is 0 Å². The Morgan fingerprint density at radius 1 is 1.32 bits per heavy atom. The van der Waals surface area contributed by atoms with Gasteiger partial charge in [0.25, 0.3) is 0 Å². The van der Waals surface area contributed by atoms with Gasteiger partial charge in [0.05, 0.1) is 5.60 Å². The second-order valence-corrected chi connectivity index (χ2v) is 5.49.